The summed E-state index contributed by atoms with van der Waals surface area (Å²) in [5.41, 5.74) is 0.784. The number of hydrogen-bond donors (Lipinski definition) is 1. The highest BCUT2D eigenvalue weighted by molar-refractivity contribution is 5.76. The Kier molecular flexibility index (Phi) is 7.18. The first-order valence-corrected chi connectivity index (χ1v) is 8.84. The van der Waals surface area contributed by atoms with Gasteiger partial charge in [-0.15, -0.1) is 0 Å². The van der Waals surface area contributed by atoms with Crippen molar-refractivity contribution in [2.75, 3.05) is 6.54 Å². The van der Waals surface area contributed by atoms with Crippen LogP contribution in [0.4, 0.5) is 0 Å². The van der Waals surface area contributed by atoms with Gasteiger partial charge in [-0.05, 0) is 34.5 Å². The average molecular weight is 312 g/mol. The molecular weight excluding hydrogens is 270 g/mol. The molecule has 0 atom stereocenters. The Morgan fingerprint density at radius 1 is 0.773 bits per heavy atom. The van der Waals surface area contributed by atoms with E-state index < -0.39 is 0 Å². The van der Waals surface area contributed by atoms with Crippen LogP contribution in [0.1, 0.15) is 94.9 Å². The van der Waals surface area contributed by atoms with Gasteiger partial charge in [-0.25, -0.2) is 0 Å². The van der Waals surface area contributed by atoms with Crippen molar-refractivity contribution in [3.05, 3.63) is 0 Å². The zero-order valence-corrected chi connectivity index (χ0v) is 16.9. The summed E-state index contributed by atoms with van der Waals surface area (Å²) in [4.78, 5) is 12.3. The largest absolute Gasteiger partial charge is 0.356 e. The van der Waals surface area contributed by atoms with Crippen LogP contribution in [0.2, 0.25) is 0 Å². The van der Waals surface area contributed by atoms with Crippen molar-refractivity contribution in [2.45, 2.75) is 94.9 Å². The second kappa shape index (κ2) is 7.36. The van der Waals surface area contributed by atoms with Gasteiger partial charge in [0.05, 0.1) is 0 Å². The Labute approximate surface area is 139 Å². The predicted molar refractivity (Wildman–Crippen MR) is 97.9 cm³/mol. The maximum atomic E-state index is 12.3. The van der Waals surface area contributed by atoms with Crippen molar-refractivity contribution in [1.82, 2.24) is 5.32 Å². The van der Waals surface area contributed by atoms with Crippen LogP contribution in [0, 0.1) is 21.7 Å². The maximum absolute atomic E-state index is 12.3. The van der Waals surface area contributed by atoms with Crippen LogP contribution in [0.15, 0.2) is 0 Å². The molecule has 22 heavy (non-hydrogen) atoms. The smallest absolute Gasteiger partial charge is 0.220 e. The molecule has 0 rings (SSSR count). The highest BCUT2D eigenvalue weighted by Crippen LogP contribution is 2.37. The lowest BCUT2D eigenvalue weighted by atomic mass is 9.73. The third kappa shape index (κ3) is 10.2. The van der Waals surface area contributed by atoms with E-state index in [4.69, 9.17) is 0 Å². The number of nitrogens with one attached hydrogen (secondary N) is 1. The average Bonchev–Trinajstić information content (AvgIpc) is 2.21. The first-order chi connectivity index (χ1) is 9.58. The Morgan fingerprint density at radius 3 is 1.68 bits per heavy atom. The Balaban J connectivity index is 4.45. The third-order valence-electron chi connectivity index (χ3n) is 4.33. The minimum absolute atomic E-state index is 0.0508. The molecule has 0 bridgehead atoms. The van der Waals surface area contributed by atoms with Crippen molar-refractivity contribution < 1.29 is 4.79 Å². The summed E-state index contributed by atoms with van der Waals surface area (Å²) in [7, 11) is 0. The molecule has 0 heterocycles. The molecule has 0 unspecified atom stereocenters. The lowest BCUT2D eigenvalue weighted by Gasteiger charge is -2.35. The molecule has 132 valence electrons. The summed E-state index contributed by atoms with van der Waals surface area (Å²) >= 11 is 0. The predicted octanol–water partition coefficient (Wildman–Crippen LogP) is 5.81. The molecule has 0 aromatic rings. The van der Waals surface area contributed by atoms with Gasteiger partial charge < -0.3 is 5.32 Å². The number of carbonyl (C=O) groups is 1. The lowest BCUT2D eigenvalue weighted by molar-refractivity contribution is -0.123. The number of amides is 1. The van der Waals surface area contributed by atoms with Crippen molar-refractivity contribution in [3.8, 4) is 0 Å². The van der Waals surface area contributed by atoms with Crippen molar-refractivity contribution in [3.63, 3.8) is 0 Å². The first kappa shape index (κ1) is 21.5. The van der Waals surface area contributed by atoms with Gasteiger partial charge in [0.1, 0.15) is 0 Å². The van der Waals surface area contributed by atoms with Crippen molar-refractivity contribution in [2.24, 2.45) is 21.7 Å². The first-order valence-electron chi connectivity index (χ1n) is 8.84. The van der Waals surface area contributed by atoms with Crippen LogP contribution in [0.5, 0.6) is 0 Å². The molecule has 2 nitrogen and oxygen atoms in total. The molecule has 0 fully saturated rings. The number of hydrogen-bond acceptors (Lipinski definition) is 1. The summed E-state index contributed by atoms with van der Waals surface area (Å²) in [5, 5.41) is 3.17. The van der Waals surface area contributed by atoms with Gasteiger partial charge >= 0.3 is 0 Å². The fourth-order valence-corrected chi connectivity index (χ4v) is 3.82. The van der Waals surface area contributed by atoms with Gasteiger partial charge in [-0.1, -0.05) is 75.7 Å². The Morgan fingerprint density at radius 2 is 1.27 bits per heavy atom. The van der Waals surface area contributed by atoms with Crippen LogP contribution < -0.4 is 5.32 Å². The molecule has 1 N–H and O–H groups in total. The van der Waals surface area contributed by atoms with Crippen LogP contribution in [-0.2, 0) is 4.79 Å². The normalized spacial score (nSPS) is 14.1. The van der Waals surface area contributed by atoms with E-state index in [9.17, 15) is 4.79 Å². The molecule has 0 saturated carbocycles. The molecule has 2 heteroatoms. The van der Waals surface area contributed by atoms with Gasteiger partial charge in [-0.3, -0.25) is 4.79 Å². The maximum Gasteiger partial charge on any atom is 0.220 e. The third-order valence-corrected chi connectivity index (χ3v) is 4.33. The molecule has 0 aromatic carbocycles. The standard InChI is InChI=1S/C20H41NO/c1-11-18(5,6)14-20(9,10)15-21-16(22)12-19(7,8)13-17(2,3)4/h11-15H2,1-10H3,(H,21,22). The molecule has 0 aromatic heterocycles. The zero-order valence-electron chi connectivity index (χ0n) is 16.9. The monoisotopic (exact) mass is 311 g/mol. The lowest BCUT2D eigenvalue weighted by Crippen LogP contribution is -2.38. The summed E-state index contributed by atoms with van der Waals surface area (Å²) in [6, 6.07) is 0. The molecule has 1 amide bonds. The number of rotatable bonds is 8. The van der Waals surface area contributed by atoms with Gasteiger partial charge in [-0.2, -0.15) is 0 Å². The molecule has 0 spiro atoms. The molecule has 0 aliphatic carbocycles. The van der Waals surface area contributed by atoms with Gasteiger partial charge in [0.15, 0.2) is 0 Å². The van der Waals surface area contributed by atoms with E-state index in [0.29, 0.717) is 11.8 Å². The minimum atomic E-state index is 0.0508. The Bertz CT molecular complexity index is 358. The Hall–Kier alpha value is -0.530. The molecular formula is C20H41NO. The van der Waals surface area contributed by atoms with E-state index in [1.54, 1.807) is 0 Å². The summed E-state index contributed by atoms with van der Waals surface area (Å²) in [6.45, 7) is 23.2. The quantitative estimate of drug-likeness (QED) is 0.602. The molecule has 0 radical (unpaired) electrons. The van der Waals surface area contributed by atoms with E-state index in [2.05, 4.69) is 74.6 Å². The summed E-state index contributed by atoms with van der Waals surface area (Å²) < 4.78 is 0. The van der Waals surface area contributed by atoms with Gasteiger partial charge in [0.2, 0.25) is 5.91 Å². The highest BCUT2D eigenvalue weighted by atomic mass is 16.1. The van der Waals surface area contributed by atoms with Crippen LogP contribution in [0.3, 0.4) is 0 Å². The molecule has 0 saturated heterocycles. The van der Waals surface area contributed by atoms with E-state index in [-0.39, 0.29) is 22.2 Å². The topological polar surface area (TPSA) is 29.1 Å². The fraction of sp³-hybridized carbons (Fsp3) is 0.950. The van der Waals surface area contributed by atoms with Gasteiger partial charge in [0, 0.05) is 13.0 Å². The van der Waals surface area contributed by atoms with Gasteiger partial charge in [0.25, 0.3) is 0 Å². The van der Waals surface area contributed by atoms with Crippen molar-refractivity contribution >= 4 is 5.91 Å². The SMILES string of the molecule is CCC(C)(C)CC(C)(C)CNC(=O)CC(C)(C)CC(C)(C)C. The van der Waals surface area contributed by atoms with Crippen LogP contribution >= 0.6 is 0 Å². The van der Waals surface area contributed by atoms with E-state index in [0.717, 1.165) is 19.4 Å². The van der Waals surface area contributed by atoms with Crippen LogP contribution in [-0.4, -0.2) is 12.5 Å². The van der Waals surface area contributed by atoms with Crippen molar-refractivity contribution in [1.29, 1.82) is 0 Å². The van der Waals surface area contributed by atoms with Crippen LogP contribution in [0.25, 0.3) is 0 Å². The van der Waals surface area contributed by atoms with E-state index in [1.807, 2.05) is 0 Å². The van der Waals surface area contributed by atoms with E-state index >= 15 is 0 Å². The fourth-order valence-electron chi connectivity index (χ4n) is 3.82. The second-order valence-corrected chi connectivity index (χ2v) is 10.7. The van der Waals surface area contributed by atoms with E-state index in [1.165, 1.54) is 6.42 Å². The summed E-state index contributed by atoms with van der Waals surface area (Å²) in [5.74, 6) is 0.191. The number of carbonyl (C=O) groups excluding carboxylic acids is 1. The molecule has 0 aliphatic heterocycles. The minimum Gasteiger partial charge on any atom is -0.356 e. The highest BCUT2D eigenvalue weighted by Gasteiger charge is 2.30. The molecule has 0 aliphatic rings. The second-order valence-electron chi connectivity index (χ2n) is 10.7. The summed E-state index contributed by atoms with van der Waals surface area (Å²) in [6.07, 6.45) is 3.96. The zero-order chi connectivity index (χ0) is 17.8.